The lowest BCUT2D eigenvalue weighted by Crippen LogP contribution is -2.57. The molecule has 0 aliphatic carbocycles. The van der Waals surface area contributed by atoms with Gasteiger partial charge in [-0.05, 0) is 43.9 Å². The van der Waals surface area contributed by atoms with Crippen molar-refractivity contribution in [2.75, 3.05) is 26.2 Å². The van der Waals surface area contributed by atoms with Crippen LogP contribution in [-0.2, 0) is 11.2 Å². The highest BCUT2D eigenvalue weighted by atomic mass is 35.5. The summed E-state index contributed by atoms with van der Waals surface area (Å²) >= 11 is 6.04. The maximum Gasteiger partial charge on any atom is 0.135 e. The monoisotopic (exact) mass is 389 g/mol. The molecule has 0 amide bonds. The number of morpholine rings is 1. The van der Waals surface area contributed by atoms with E-state index >= 15 is 0 Å². The van der Waals surface area contributed by atoms with Crippen LogP contribution in [0.1, 0.15) is 31.7 Å². The number of likely N-dealkylation sites (tertiary alicyclic amines) is 1. The summed E-state index contributed by atoms with van der Waals surface area (Å²) in [6, 6.07) is 9.21. The van der Waals surface area contributed by atoms with E-state index in [1.165, 1.54) is 5.56 Å². The van der Waals surface area contributed by atoms with Crippen molar-refractivity contribution in [2.24, 2.45) is 15.9 Å². The van der Waals surface area contributed by atoms with Crippen molar-refractivity contribution in [1.82, 2.24) is 9.80 Å². The normalized spacial score (nSPS) is 27.6. The van der Waals surface area contributed by atoms with E-state index in [9.17, 15) is 0 Å². The Morgan fingerprint density at radius 3 is 2.59 bits per heavy atom. The third kappa shape index (κ3) is 4.45. The van der Waals surface area contributed by atoms with E-state index in [1.807, 2.05) is 12.1 Å². The first-order chi connectivity index (χ1) is 13.1. The van der Waals surface area contributed by atoms with Gasteiger partial charge in [-0.2, -0.15) is 0 Å². The van der Waals surface area contributed by atoms with E-state index in [0.717, 1.165) is 56.4 Å². The van der Waals surface area contributed by atoms with Gasteiger partial charge in [0.05, 0.1) is 19.1 Å². The van der Waals surface area contributed by atoms with Gasteiger partial charge in [-0.15, -0.1) is 10.2 Å². The van der Waals surface area contributed by atoms with Gasteiger partial charge in [0.15, 0.2) is 0 Å². The molecular formula is C20H28ClN5O. The fraction of sp³-hybridized carbons (Fsp3) is 0.600. The van der Waals surface area contributed by atoms with Crippen LogP contribution in [0.2, 0.25) is 5.02 Å². The first kappa shape index (κ1) is 18.7. The number of ether oxygens (including phenoxy) is 1. The van der Waals surface area contributed by atoms with Crippen LogP contribution in [-0.4, -0.2) is 65.9 Å². The van der Waals surface area contributed by atoms with Gasteiger partial charge in [0.1, 0.15) is 11.7 Å². The van der Waals surface area contributed by atoms with Crippen LogP contribution in [0.15, 0.2) is 34.5 Å². The lowest BCUT2D eigenvalue weighted by atomic mass is 9.96. The molecule has 2 N–H and O–H groups in total. The highest BCUT2D eigenvalue weighted by molar-refractivity contribution is 6.30. The highest BCUT2D eigenvalue weighted by Gasteiger charge is 2.35. The molecule has 146 valence electrons. The predicted molar refractivity (Wildman–Crippen MR) is 109 cm³/mol. The van der Waals surface area contributed by atoms with Gasteiger partial charge < -0.3 is 15.4 Å². The summed E-state index contributed by atoms with van der Waals surface area (Å²) in [7, 11) is 0. The molecule has 0 saturated carbocycles. The van der Waals surface area contributed by atoms with E-state index in [-0.39, 0.29) is 6.10 Å². The zero-order chi connectivity index (χ0) is 18.8. The zero-order valence-electron chi connectivity index (χ0n) is 15.9. The molecule has 2 fully saturated rings. The molecule has 1 aromatic carbocycles. The largest absolute Gasteiger partial charge is 0.385 e. The maximum atomic E-state index is 6.04. The van der Waals surface area contributed by atoms with Crippen LogP contribution in [0, 0.1) is 0 Å². The molecule has 2 saturated heterocycles. The molecule has 0 unspecified atom stereocenters. The lowest BCUT2D eigenvalue weighted by molar-refractivity contribution is -0.0777. The van der Waals surface area contributed by atoms with Crippen molar-refractivity contribution in [2.45, 2.75) is 50.8 Å². The number of benzene rings is 1. The number of rotatable bonds is 3. The Labute approximate surface area is 166 Å². The SMILES string of the molecule is C[C@@H]1CN(C2CCN(C3=NN=C(N)C3)CC2)[C@H](Cc2ccc(Cl)cc2)CO1. The molecule has 7 heteroatoms. The second kappa shape index (κ2) is 8.17. The Morgan fingerprint density at radius 2 is 1.93 bits per heavy atom. The van der Waals surface area contributed by atoms with Gasteiger partial charge >= 0.3 is 0 Å². The van der Waals surface area contributed by atoms with Crippen molar-refractivity contribution in [1.29, 1.82) is 0 Å². The number of nitrogens with zero attached hydrogens (tertiary/aromatic N) is 4. The summed E-state index contributed by atoms with van der Waals surface area (Å²) in [5.74, 6) is 1.65. The Morgan fingerprint density at radius 1 is 1.19 bits per heavy atom. The van der Waals surface area contributed by atoms with Crippen molar-refractivity contribution in [3.8, 4) is 0 Å². The Bertz CT molecular complexity index is 712. The number of piperidine rings is 1. The van der Waals surface area contributed by atoms with E-state index in [0.29, 0.717) is 24.3 Å². The van der Waals surface area contributed by atoms with Gasteiger partial charge in [0, 0.05) is 36.7 Å². The highest BCUT2D eigenvalue weighted by Crippen LogP contribution is 2.26. The molecule has 0 bridgehead atoms. The van der Waals surface area contributed by atoms with Crippen LogP contribution < -0.4 is 5.73 Å². The summed E-state index contributed by atoms with van der Waals surface area (Å²) in [5, 5.41) is 9.00. The van der Waals surface area contributed by atoms with Gasteiger partial charge in [-0.1, -0.05) is 23.7 Å². The molecule has 3 heterocycles. The summed E-state index contributed by atoms with van der Waals surface area (Å²) in [4.78, 5) is 5.03. The molecule has 0 spiro atoms. The van der Waals surface area contributed by atoms with Crippen LogP contribution >= 0.6 is 11.6 Å². The van der Waals surface area contributed by atoms with Gasteiger partial charge in [-0.3, -0.25) is 4.90 Å². The maximum absolute atomic E-state index is 6.04. The van der Waals surface area contributed by atoms with Crippen LogP contribution in [0.4, 0.5) is 0 Å². The number of hydrogen-bond acceptors (Lipinski definition) is 6. The number of amidine groups is 2. The van der Waals surface area contributed by atoms with Gasteiger partial charge in [0.25, 0.3) is 0 Å². The summed E-state index contributed by atoms with van der Waals surface area (Å²) in [5.41, 5.74) is 7.09. The molecule has 4 rings (SSSR count). The molecule has 3 aliphatic heterocycles. The number of nitrogens with two attached hydrogens (primary N) is 1. The smallest absolute Gasteiger partial charge is 0.135 e. The standard InChI is InChI=1S/C20H28ClN5O/c1-14-12-26(18(13-27-14)10-15-2-4-16(21)5-3-15)17-6-8-25(9-7-17)20-11-19(22)23-24-20/h2-5,14,17-18H,6-13H2,1H3,(H2,22,23)/t14-,18-/m1/s1. The molecule has 1 aromatic rings. The van der Waals surface area contributed by atoms with E-state index < -0.39 is 0 Å². The van der Waals surface area contributed by atoms with Crippen molar-refractivity contribution in [3.63, 3.8) is 0 Å². The lowest BCUT2D eigenvalue weighted by Gasteiger charge is -2.46. The van der Waals surface area contributed by atoms with Crippen LogP contribution in [0.3, 0.4) is 0 Å². The topological polar surface area (TPSA) is 66.5 Å². The summed E-state index contributed by atoms with van der Waals surface area (Å²) in [6.07, 6.45) is 4.27. The molecule has 27 heavy (non-hydrogen) atoms. The second-order valence-electron chi connectivity index (χ2n) is 7.83. The average Bonchev–Trinajstić information content (AvgIpc) is 3.11. The minimum absolute atomic E-state index is 0.289. The molecular weight excluding hydrogens is 362 g/mol. The fourth-order valence-corrected chi connectivity index (χ4v) is 4.50. The third-order valence-electron chi connectivity index (χ3n) is 5.83. The van der Waals surface area contributed by atoms with E-state index in [2.05, 4.69) is 39.1 Å². The summed E-state index contributed by atoms with van der Waals surface area (Å²) < 4.78 is 6.00. The zero-order valence-corrected chi connectivity index (χ0v) is 16.6. The molecule has 0 radical (unpaired) electrons. The molecule has 3 aliphatic rings. The number of halogens is 1. The minimum atomic E-state index is 0.289. The van der Waals surface area contributed by atoms with Crippen molar-refractivity contribution in [3.05, 3.63) is 34.9 Å². The molecule has 2 atom stereocenters. The minimum Gasteiger partial charge on any atom is -0.385 e. The summed E-state index contributed by atoms with van der Waals surface area (Å²) in [6.45, 7) is 6.01. The quantitative estimate of drug-likeness (QED) is 0.862. The van der Waals surface area contributed by atoms with E-state index in [4.69, 9.17) is 22.1 Å². The van der Waals surface area contributed by atoms with Crippen LogP contribution in [0.25, 0.3) is 0 Å². The Hall–Kier alpha value is -1.63. The van der Waals surface area contributed by atoms with Crippen LogP contribution in [0.5, 0.6) is 0 Å². The number of hydrogen-bond donors (Lipinski definition) is 1. The fourth-order valence-electron chi connectivity index (χ4n) is 4.37. The Kier molecular flexibility index (Phi) is 5.66. The third-order valence-corrected chi connectivity index (χ3v) is 6.08. The first-order valence-electron chi connectivity index (χ1n) is 9.84. The van der Waals surface area contributed by atoms with Gasteiger partial charge in [-0.25, -0.2) is 0 Å². The molecule has 0 aromatic heterocycles. The van der Waals surface area contributed by atoms with Crippen molar-refractivity contribution < 1.29 is 4.74 Å². The predicted octanol–water partition coefficient (Wildman–Crippen LogP) is 2.51. The first-order valence-corrected chi connectivity index (χ1v) is 10.2. The van der Waals surface area contributed by atoms with E-state index in [1.54, 1.807) is 0 Å². The van der Waals surface area contributed by atoms with Crippen molar-refractivity contribution >= 4 is 23.3 Å². The second-order valence-corrected chi connectivity index (χ2v) is 8.26. The molecule has 6 nitrogen and oxygen atoms in total. The van der Waals surface area contributed by atoms with Gasteiger partial charge in [0.2, 0.25) is 0 Å². The average molecular weight is 390 g/mol. The Balaban J connectivity index is 1.38.